The van der Waals surface area contributed by atoms with Gasteiger partial charge in [-0.1, -0.05) is 11.6 Å². The Hall–Kier alpha value is -4.15. The van der Waals surface area contributed by atoms with Crippen LogP contribution in [0.5, 0.6) is 0 Å². The SMILES string of the molecule is Cc1ccc2c(c1)C(=O)N(CCC(=O)OCC(=O)Nc1ccc(F)c([N+](=O)[O-])c1)C2=O. The Balaban J connectivity index is 1.49. The first-order valence-corrected chi connectivity index (χ1v) is 9.03. The van der Waals surface area contributed by atoms with Crippen LogP contribution in [0.25, 0.3) is 0 Å². The standard InChI is InChI=1S/C20H16FN3O7/c1-11-2-4-13-14(8-11)20(28)23(19(13)27)7-6-18(26)31-10-17(25)22-12-3-5-15(21)16(9-12)24(29)30/h2-5,8-9H,6-7,10H2,1H3,(H,22,25). The lowest BCUT2D eigenvalue weighted by atomic mass is 10.1. The zero-order chi connectivity index (χ0) is 22.7. The number of rotatable bonds is 7. The maximum absolute atomic E-state index is 13.3. The summed E-state index contributed by atoms with van der Waals surface area (Å²) in [4.78, 5) is 59.1. The summed E-state index contributed by atoms with van der Waals surface area (Å²) < 4.78 is 18.1. The quantitative estimate of drug-likeness (QED) is 0.308. The number of carbonyl (C=O) groups excluding carboxylic acids is 4. The molecule has 2 aromatic rings. The number of anilines is 1. The van der Waals surface area contributed by atoms with Gasteiger partial charge in [0.1, 0.15) is 0 Å². The lowest BCUT2D eigenvalue weighted by Gasteiger charge is -2.13. The van der Waals surface area contributed by atoms with Crippen LogP contribution >= 0.6 is 0 Å². The predicted molar refractivity (Wildman–Crippen MR) is 104 cm³/mol. The van der Waals surface area contributed by atoms with Crippen LogP contribution in [0.4, 0.5) is 15.8 Å². The van der Waals surface area contributed by atoms with Crippen LogP contribution in [0, 0.1) is 22.9 Å². The van der Waals surface area contributed by atoms with Crippen LogP contribution in [-0.2, 0) is 14.3 Å². The van der Waals surface area contributed by atoms with Crippen LogP contribution < -0.4 is 5.32 Å². The van der Waals surface area contributed by atoms with E-state index in [0.29, 0.717) is 0 Å². The molecule has 0 saturated carbocycles. The minimum atomic E-state index is -1.06. The van der Waals surface area contributed by atoms with Crippen molar-refractivity contribution >= 4 is 35.1 Å². The number of aryl methyl sites for hydroxylation is 1. The van der Waals surface area contributed by atoms with E-state index in [9.17, 15) is 33.7 Å². The van der Waals surface area contributed by atoms with Crippen LogP contribution in [-0.4, -0.2) is 46.7 Å². The second-order valence-corrected chi connectivity index (χ2v) is 6.69. The van der Waals surface area contributed by atoms with Crippen molar-refractivity contribution in [1.29, 1.82) is 0 Å². The third-order valence-corrected chi connectivity index (χ3v) is 4.46. The first-order chi connectivity index (χ1) is 14.7. The molecule has 0 unspecified atom stereocenters. The number of amides is 3. The third-order valence-electron chi connectivity index (χ3n) is 4.46. The molecule has 0 aliphatic carbocycles. The zero-order valence-corrected chi connectivity index (χ0v) is 16.2. The number of nitrogens with one attached hydrogen (secondary N) is 1. The van der Waals surface area contributed by atoms with Crippen LogP contribution in [0.1, 0.15) is 32.7 Å². The number of imide groups is 1. The fourth-order valence-corrected chi connectivity index (χ4v) is 2.96. The van der Waals surface area contributed by atoms with Gasteiger partial charge in [0.25, 0.3) is 17.7 Å². The predicted octanol–water partition coefficient (Wildman–Crippen LogP) is 2.21. The van der Waals surface area contributed by atoms with Gasteiger partial charge in [-0.2, -0.15) is 4.39 Å². The molecule has 1 N–H and O–H groups in total. The number of ether oxygens (including phenoxy) is 1. The topological polar surface area (TPSA) is 136 Å². The maximum atomic E-state index is 13.3. The largest absolute Gasteiger partial charge is 0.456 e. The van der Waals surface area contributed by atoms with Gasteiger partial charge >= 0.3 is 11.7 Å². The lowest BCUT2D eigenvalue weighted by Crippen LogP contribution is -2.32. The van der Waals surface area contributed by atoms with Gasteiger partial charge in [0.05, 0.1) is 22.5 Å². The van der Waals surface area contributed by atoms with Crippen molar-refractivity contribution < 1.29 is 33.2 Å². The average Bonchev–Trinajstić information content (AvgIpc) is 2.95. The minimum absolute atomic E-state index is 0.0459. The number of fused-ring (bicyclic) bond motifs is 1. The smallest absolute Gasteiger partial charge is 0.308 e. The summed E-state index contributed by atoms with van der Waals surface area (Å²) in [5.41, 5.74) is 0.489. The second-order valence-electron chi connectivity index (χ2n) is 6.69. The summed E-state index contributed by atoms with van der Waals surface area (Å²) in [5, 5.41) is 13.0. The molecule has 0 aromatic heterocycles. The second kappa shape index (κ2) is 8.69. The number of esters is 1. The fraction of sp³-hybridized carbons (Fsp3) is 0.200. The van der Waals surface area contributed by atoms with Crippen molar-refractivity contribution in [3.8, 4) is 0 Å². The Labute approximate surface area is 174 Å². The lowest BCUT2D eigenvalue weighted by molar-refractivity contribution is -0.387. The number of nitro benzene ring substituents is 1. The fourth-order valence-electron chi connectivity index (χ4n) is 2.96. The Morgan fingerprint density at radius 1 is 1.13 bits per heavy atom. The first-order valence-electron chi connectivity index (χ1n) is 9.03. The van der Waals surface area contributed by atoms with E-state index < -0.39 is 46.7 Å². The van der Waals surface area contributed by atoms with E-state index in [1.54, 1.807) is 25.1 Å². The molecule has 0 bridgehead atoms. The van der Waals surface area contributed by atoms with Gasteiger partial charge in [0, 0.05) is 18.3 Å². The van der Waals surface area contributed by atoms with E-state index in [1.807, 2.05) is 0 Å². The van der Waals surface area contributed by atoms with Crippen molar-refractivity contribution in [2.75, 3.05) is 18.5 Å². The molecule has 2 aromatic carbocycles. The number of benzene rings is 2. The molecular weight excluding hydrogens is 413 g/mol. The van der Waals surface area contributed by atoms with Gasteiger partial charge in [-0.05, 0) is 31.2 Å². The van der Waals surface area contributed by atoms with Gasteiger partial charge in [-0.3, -0.25) is 34.2 Å². The van der Waals surface area contributed by atoms with Gasteiger partial charge in [0.2, 0.25) is 5.82 Å². The molecule has 10 nitrogen and oxygen atoms in total. The van der Waals surface area contributed by atoms with Crippen LogP contribution in [0.15, 0.2) is 36.4 Å². The molecule has 3 rings (SSSR count). The van der Waals surface area contributed by atoms with E-state index in [4.69, 9.17) is 4.74 Å². The summed E-state index contributed by atoms with van der Waals surface area (Å²) in [6.45, 7) is 0.870. The molecule has 1 heterocycles. The van der Waals surface area contributed by atoms with Gasteiger partial charge in [0.15, 0.2) is 6.61 Å². The molecule has 3 amide bonds. The van der Waals surface area contributed by atoms with Crippen molar-refractivity contribution in [3.05, 3.63) is 69.0 Å². The molecule has 31 heavy (non-hydrogen) atoms. The highest BCUT2D eigenvalue weighted by Crippen LogP contribution is 2.24. The summed E-state index contributed by atoms with van der Waals surface area (Å²) in [6.07, 6.45) is -0.320. The Morgan fingerprint density at radius 3 is 2.55 bits per heavy atom. The third kappa shape index (κ3) is 4.71. The number of carbonyl (C=O) groups is 4. The van der Waals surface area contributed by atoms with E-state index in [2.05, 4.69) is 5.32 Å². The number of halogens is 1. The van der Waals surface area contributed by atoms with E-state index >= 15 is 0 Å². The molecule has 11 heteroatoms. The number of hydrogen-bond donors (Lipinski definition) is 1. The Morgan fingerprint density at radius 2 is 1.84 bits per heavy atom. The van der Waals surface area contributed by atoms with Gasteiger partial charge in [-0.25, -0.2) is 0 Å². The van der Waals surface area contributed by atoms with Crippen molar-refractivity contribution in [2.24, 2.45) is 0 Å². The van der Waals surface area contributed by atoms with E-state index in [-0.39, 0.29) is 29.8 Å². The molecule has 0 radical (unpaired) electrons. The molecular formula is C20H16FN3O7. The molecule has 160 valence electrons. The summed E-state index contributed by atoms with van der Waals surface area (Å²) in [6, 6.07) is 7.62. The highest BCUT2D eigenvalue weighted by molar-refractivity contribution is 6.21. The van der Waals surface area contributed by atoms with Crippen molar-refractivity contribution in [1.82, 2.24) is 4.90 Å². The minimum Gasteiger partial charge on any atom is -0.456 e. The summed E-state index contributed by atoms with van der Waals surface area (Å²) >= 11 is 0. The van der Waals surface area contributed by atoms with Crippen molar-refractivity contribution in [3.63, 3.8) is 0 Å². The Bertz CT molecular complexity index is 1120. The number of hydrogen-bond acceptors (Lipinski definition) is 7. The Kier molecular flexibility index (Phi) is 6.05. The van der Waals surface area contributed by atoms with E-state index in [0.717, 1.165) is 28.7 Å². The highest BCUT2D eigenvalue weighted by atomic mass is 19.1. The molecule has 1 aliphatic rings. The number of nitro groups is 1. The summed E-state index contributed by atoms with van der Waals surface area (Å²) in [7, 11) is 0. The van der Waals surface area contributed by atoms with Crippen LogP contribution in [0.3, 0.4) is 0 Å². The van der Waals surface area contributed by atoms with E-state index in [1.165, 1.54) is 0 Å². The maximum Gasteiger partial charge on any atom is 0.308 e. The molecule has 0 fully saturated rings. The molecule has 1 aliphatic heterocycles. The molecule has 0 atom stereocenters. The van der Waals surface area contributed by atoms with Gasteiger partial charge in [-0.15, -0.1) is 0 Å². The van der Waals surface area contributed by atoms with Crippen molar-refractivity contribution in [2.45, 2.75) is 13.3 Å². The highest BCUT2D eigenvalue weighted by Gasteiger charge is 2.35. The zero-order valence-electron chi connectivity index (χ0n) is 16.2. The summed E-state index contributed by atoms with van der Waals surface area (Å²) in [5.74, 6) is -3.70. The van der Waals surface area contributed by atoms with Crippen LogP contribution in [0.2, 0.25) is 0 Å². The molecule has 0 saturated heterocycles. The number of nitrogens with zero attached hydrogens (tertiary/aromatic N) is 2. The average molecular weight is 429 g/mol. The monoisotopic (exact) mass is 429 g/mol. The first kappa shape index (κ1) is 21.6. The normalized spacial score (nSPS) is 12.5. The molecule has 0 spiro atoms. The van der Waals surface area contributed by atoms with Gasteiger partial charge < -0.3 is 10.1 Å².